The van der Waals surface area contributed by atoms with Gasteiger partial charge in [0.15, 0.2) is 5.75 Å². The zero-order valence-electron chi connectivity index (χ0n) is 19.6. The Bertz CT molecular complexity index is 1390. The summed E-state index contributed by atoms with van der Waals surface area (Å²) in [4.78, 5) is 9.05. The fourth-order valence-electron chi connectivity index (χ4n) is 4.26. The third-order valence-corrected chi connectivity index (χ3v) is 5.96. The van der Waals surface area contributed by atoms with Gasteiger partial charge in [-0.3, -0.25) is 9.25 Å². The van der Waals surface area contributed by atoms with Crippen molar-refractivity contribution in [1.82, 2.24) is 24.3 Å². The van der Waals surface area contributed by atoms with Gasteiger partial charge in [0.25, 0.3) is 5.88 Å². The SMILES string of the molecule is COc1ncc(-c2cc(C)c3c(O)n(-c4cnn(CC(F)(F)F)c4)cc3n2)cc1OC1CCOCC1. The van der Waals surface area contributed by atoms with Gasteiger partial charge in [-0.1, -0.05) is 0 Å². The summed E-state index contributed by atoms with van der Waals surface area (Å²) >= 11 is 0. The van der Waals surface area contributed by atoms with E-state index in [0.717, 1.165) is 23.1 Å². The third-order valence-electron chi connectivity index (χ3n) is 5.96. The fraction of sp³-hybridized carbons (Fsp3) is 0.375. The van der Waals surface area contributed by atoms with Crippen molar-refractivity contribution in [1.29, 1.82) is 0 Å². The molecule has 0 atom stereocenters. The Morgan fingerprint density at radius 1 is 1.17 bits per heavy atom. The number of pyridine rings is 2. The van der Waals surface area contributed by atoms with Crippen LogP contribution in [0.2, 0.25) is 0 Å². The summed E-state index contributed by atoms with van der Waals surface area (Å²) in [6.45, 7) is 1.86. The van der Waals surface area contributed by atoms with Gasteiger partial charge >= 0.3 is 6.18 Å². The van der Waals surface area contributed by atoms with Crippen LogP contribution in [0.15, 0.2) is 36.9 Å². The number of hydrogen-bond acceptors (Lipinski definition) is 7. The molecule has 0 bridgehead atoms. The molecule has 1 fully saturated rings. The van der Waals surface area contributed by atoms with Crippen LogP contribution in [-0.2, 0) is 11.3 Å². The summed E-state index contributed by atoms with van der Waals surface area (Å²) < 4.78 is 57.2. The number of nitrogens with zero attached hydrogens (tertiary/aromatic N) is 5. The smallest absolute Gasteiger partial charge is 0.408 e. The Morgan fingerprint density at radius 2 is 1.94 bits per heavy atom. The summed E-state index contributed by atoms with van der Waals surface area (Å²) in [5.41, 5.74) is 2.77. The van der Waals surface area contributed by atoms with Gasteiger partial charge in [0, 0.05) is 37.0 Å². The van der Waals surface area contributed by atoms with Crippen molar-refractivity contribution in [3.8, 4) is 34.5 Å². The lowest BCUT2D eigenvalue weighted by atomic mass is 10.1. The molecule has 0 amide bonds. The van der Waals surface area contributed by atoms with Crippen LogP contribution in [0, 0.1) is 6.92 Å². The first kappa shape index (κ1) is 23.9. The number of alkyl halides is 3. The molecule has 0 unspecified atom stereocenters. The van der Waals surface area contributed by atoms with E-state index in [4.69, 9.17) is 14.2 Å². The zero-order chi connectivity index (χ0) is 25.4. The first-order valence-corrected chi connectivity index (χ1v) is 11.3. The Hall–Kier alpha value is -3.80. The number of ether oxygens (including phenoxy) is 3. The van der Waals surface area contributed by atoms with Crippen molar-refractivity contribution in [2.75, 3.05) is 20.3 Å². The third kappa shape index (κ3) is 4.81. The van der Waals surface area contributed by atoms with Crippen molar-refractivity contribution in [3.63, 3.8) is 0 Å². The molecule has 1 N–H and O–H groups in total. The molecule has 12 heteroatoms. The minimum Gasteiger partial charge on any atom is -0.494 e. The monoisotopic (exact) mass is 503 g/mol. The highest BCUT2D eigenvalue weighted by Gasteiger charge is 2.28. The van der Waals surface area contributed by atoms with Crippen LogP contribution in [0.5, 0.6) is 17.5 Å². The molecule has 36 heavy (non-hydrogen) atoms. The zero-order valence-corrected chi connectivity index (χ0v) is 19.6. The van der Waals surface area contributed by atoms with Crippen LogP contribution in [0.3, 0.4) is 0 Å². The van der Waals surface area contributed by atoms with E-state index in [2.05, 4.69) is 15.1 Å². The van der Waals surface area contributed by atoms with Crippen molar-refractivity contribution >= 4 is 10.9 Å². The van der Waals surface area contributed by atoms with Crippen LogP contribution < -0.4 is 9.47 Å². The van der Waals surface area contributed by atoms with Gasteiger partial charge in [0.1, 0.15) is 12.6 Å². The standard InChI is InChI=1S/C24H24F3N5O4/c1-14-7-18(15-8-20(22(34-2)28-9-15)36-17-3-5-35-6-4-17)30-19-12-32(23(33)21(14)19)16-10-29-31(11-16)13-24(25,26)27/h7-12,17,33H,3-6,13H2,1-2H3. The number of rotatable bonds is 6. The van der Waals surface area contributed by atoms with E-state index in [1.54, 1.807) is 18.5 Å². The number of aryl methyl sites for hydroxylation is 1. The molecule has 5 heterocycles. The predicted octanol–water partition coefficient (Wildman–Crippen LogP) is 4.43. The summed E-state index contributed by atoms with van der Waals surface area (Å²) in [7, 11) is 1.52. The molecular weight excluding hydrogens is 479 g/mol. The highest BCUT2D eigenvalue weighted by atomic mass is 19.4. The molecule has 9 nitrogen and oxygen atoms in total. The quantitative estimate of drug-likeness (QED) is 0.416. The van der Waals surface area contributed by atoms with Gasteiger partial charge in [0.2, 0.25) is 5.88 Å². The summed E-state index contributed by atoms with van der Waals surface area (Å²) in [5.74, 6) is 0.728. The van der Waals surface area contributed by atoms with E-state index >= 15 is 0 Å². The number of methoxy groups -OCH3 is 1. The molecule has 5 rings (SSSR count). The van der Waals surface area contributed by atoms with Gasteiger partial charge < -0.3 is 19.3 Å². The highest BCUT2D eigenvalue weighted by molar-refractivity contribution is 5.90. The number of aromatic hydroxyl groups is 1. The van der Waals surface area contributed by atoms with Crippen molar-refractivity contribution in [2.45, 2.75) is 38.6 Å². The number of fused-ring (bicyclic) bond motifs is 1. The first-order chi connectivity index (χ1) is 17.2. The van der Waals surface area contributed by atoms with Gasteiger partial charge in [-0.05, 0) is 24.6 Å². The maximum atomic E-state index is 12.7. The second-order valence-corrected chi connectivity index (χ2v) is 8.58. The molecule has 1 saturated heterocycles. The lowest BCUT2D eigenvalue weighted by Gasteiger charge is -2.24. The lowest BCUT2D eigenvalue weighted by Crippen LogP contribution is -2.26. The minimum absolute atomic E-state index is 0.00823. The van der Waals surface area contributed by atoms with Crippen molar-refractivity contribution in [2.24, 2.45) is 0 Å². The van der Waals surface area contributed by atoms with Crippen LogP contribution in [-0.4, -0.2) is 62.0 Å². The van der Waals surface area contributed by atoms with Gasteiger partial charge in [-0.15, -0.1) is 0 Å². The Kier molecular flexibility index (Phi) is 6.20. The topological polar surface area (TPSA) is 96.5 Å². The van der Waals surface area contributed by atoms with E-state index in [0.29, 0.717) is 47.0 Å². The van der Waals surface area contributed by atoms with Gasteiger partial charge in [-0.2, -0.15) is 18.3 Å². The number of aromatic nitrogens is 5. The largest absolute Gasteiger partial charge is 0.494 e. The highest BCUT2D eigenvalue weighted by Crippen LogP contribution is 2.36. The molecule has 190 valence electrons. The molecular formula is C24H24F3N5O4. The minimum atomic E-state index is -4.40. The Balaban J connectivity index is 1.50. The fourth-order valence-corrected chi connectivity index (χ4v) is 4.26. The second-order valence-electron chi connectivity index (χ2n) is 8.58. The summed E-state index contributed by atoms with van der Waals surface area (Å²) in [6, 6.07) is 3.62. The number of hydrogen-bond donors (Lipinski definition) is 1. The van der Waals surface area contributed by atoms with Gasteiger partial charge in [0.05, 0.1) is 48.8 Å². The first-order valence-electron chi connectivity index (χ1n) is 11.3. The van der Waals surface area contributed by atoms with E-state index in [9.17, 15) is 18.3 Å². The molecule has 0 radical (unpaired) electrons. The molecule has 0 aliphatic carbocycles. The molecule has 1 aliphatic heterocycles. The molecule has 4 aromatic rings. The second kappa shape index (κ2) is 9.34. The van der Waals surface area contributed by atoms with E-state index in [-0.39, 0.29) is 17.7 Å². The normalized spacial score (nSPS) is 14.9. The van der Waals surface area contributed by atoms with Crippen molar-refractivity contribution in [3.05, 3.63) is 42.5 Å². The van der Waals surface area contributed by atoms with E-state index in [1.165, 1.54) is 24.1 Å². The number of halogens is 3. The molecule has 4 aromatic heterocycles. The van der Waals surface area contributed by atoms with Crippen LogP contribution >= 0.6 is 0 Å². The van der Waals surface area contributed by atoms with E-state index < -0.39 is 12.7 Å². The Labute approximate surface area is 204 Å². The van der Waals surface area contributed by atoms with Crippen LogP contribution in [0.1, 0.15) is 18.4 Å². The van der Waals surface area contributed by atoms with Crippen molar-refractivity contribution < 1.29 is 32.5 Å². The van der Waals surface area contributed by atoms with Gasteiger partial charge in [-0.25, -0.2) is 9.97 Å². The molecule has 0 spiro atoms. The molecule has 1 aliphatic rings. The Morgan fingerprint density at radius 3 is 2.67 bits per heavy atom. The maximum Gasteiger partial charge on any atom is 0.408 e. The summed E-state index contributed by atoms with van der Waals surface area (Å²) in [6.07, 6.45) is 2.79. The van der Waals surface area contributed by atoms with Crippen LogP contribution in [0.4, 0.5) is 13.2 Å². The molecule has 0 aromatic carbocycles. The summed E-state index contributed by atoms with van der Waals surface area (Å²) in [5, 5.41) is 15.1. The maximum absolute atomic E-state index is 12.7. The molecule has 0 saturated carbocycles. The lowest BCUT2D eigenvalue weighted by molar-refractivity contribution is -0.142. The average molecular weight is 503 g/mol. The predicted molar refractivity (Wildman–Crippen MR) is 124 cm³/mol. The average Bonchev–Trinajstić information content (AvgIpc) is 3.42. The van der Waals surface area contributed by atoms with Crippen LogP contribution in [0.25, 0.3) is 27.8 Å². The van der Waals surface area contributed by atoms with E-state index in [1.807, 2.05) is 13.0 Å².